The van der Waals surface area contributed by atoms with Crippen LogP contribution in [0.5, 0.6) is 0 Å². The van der Waals surface area contributed by atoms with Gasteiger partial charge in [0.1, 0.15) is 0 Å². The van der Waals surface area contributed by atoms with Gasteiger partial charge in [-0.3, -0.25) is 9.78 Å². The number of pyridine rings is 2. The summed E-state index contributed by atoms with van der Waals surface area (Å²) in [5.74, 6) is -1.34. The number of fused-ring (bicyclic) bond motifs is 1. The molecule has 98 valence electrons. The summed E-state index contributed by atoms with van der Waals surface area (Å²) in [5, 5.41) is 3.51. The molecule has 2 heterocycles. The van der Waals surface area contributed by atoms with Gasteiger partial charge in [0.05, 0.1) is 23.0 Å². The van der Waals surface area contributed by atoms with Gasteiger partial charge in [-0.2, -0.15) is 4.39 Å². The molecule has 0 fully saturated rings. The number of nitrogens with zero attached hydrogens (tertiary/aromatic N) is 2. The molecule has 0 saturated carbocycles. The Labute approximate surface area is 114 Å². The van der Waals surface area contributed by atoms with Gasteiger partial charge < -0.3 is 5.32 Å². The minimum Gasteiger partial charge on any atom is -0.320 e. The molecule has 5 heteroatoms. The van der Waals surface area contributed by atoms with Crippen molar-refractivity contribution in [2.75, 3.05) is 5.32 Å². The minimum absolute atomic E-state index is 0.0966. The van der Waals surface area contributed by atoms with Crippen LogP contribution < -0.4 is 5.32 Å². The topological polar surface area (TPSA) is 54.9 Å². The molecule has 0 bridgehead atoms. The SMILES string of the molecule is O=C(Nc1cnc2ccccc2c1)c1cccnc1F. The van der Waals surface area contributed by atoms with Crippen molar-refractivity contribution in [1.82, 2.24) is 9.97 Å². The molecule has 1 aromatic carbocycles. The Hall–Kier alpha value is -2.82. The Kier molecular flexibility index (Phi) is 3.09. The number of hydrogen-bond donors (Lipinski definition) is 1. The Balaban J connectivity index is 1.89. The highest BCUT2D eigenvalue weighted by Crippen LogP contribution is 2.17. The summed E-state index contributed by atoms with van der Waals surface area (Å²) in [6, 6.07) is 12.2. The fraction of sp³-hybridized carbons (Fsp3) is 0. The lowest BCUT2D eigenvalue weighted by Gasteiger charge is -2.06. The van der Waals surface area contributed by atoms with Crippen LogP contribution in [0.15, 0.2) is 54.9 Å². The molecule has 0 aliphatic carbocycles. The van der Waals surface area contributed by atoms with Gasteiger partial charge in [0, 0.05) is 11.6 Å². The maximum atomic E-state index is 13.4. The van der Waals surface area contributed by atoms with E-state index in [1.807, 2.05) is 24.3 Å². The molecular formula is C15H10FN3O. The van der Waals surface area contributed by atoms with Crippen LogP contribution in [-0.4, -0.2) is 15.9 Å². The number of para-hydroxylation sites is 1. The Morgan fingerprint density at radius 3 is 2.80 bits per heavy atom. The van der Waals surface area contributed by atoms with Gasteiger partial charge in [-0.25, -0.2) is 4.98 Å². The smallest absolute Gasteiger partial charge is 0.260 e. The third kappa shape index (κ3) is 2.33. The molecule has 0 unspecified atom stereocenters. The van der Waals surface area contributed by atoms with Crippen LogP contribution in [0.1, 0.15) is 10.4 Å². The summed E-state index contributed by atoms with van der Waals surface area (Å²) < 4.78 is 13.4. The normalized spacial score (nSPS) is 10.4. The molecule has 20 heavy (non-hydrogen) atoms. The molecule has 0 atom stereocenters. The van der Waals surface area contributed by atoms with E-state index in [4.69, 9.17) is 0 Å². The van der Waals surface area contributed by atoms with Gasteiger partial charge in [0.15, 0.2) is 0 Å². The molecule has 0 saturated heterocycles. The fourth-order valence-corrected chi connectivity index (χ4v) is 1.89. The van der Waals surface area contributed by atoms with Crippen LogP contribution in [0.2, 0.25) is 0 Å². The summed E-state index contributed by atoms with van der Waals surface area (Å²) in [7, 11) is 0. The second kappa shape index (κ2) is 5.05. The number of carbonyl (C=O) groups excluding carboxylic acids is 1. The number of anilines is 1. The van der Waals surface area contributed by atoms with Gasteiger partial charge >= 0.3 is 0 Å². The number of halogens is 1. The maximum Gasteiger partial charge on any atom is 0.260 e. The zero-order chi connectivity index (χ0) is 13.9. The number of carbonyl (C=O) groups is 1. The number of nitrogens with one attached hydrogen (secondary N) is 1. The summed E-state index contributed by atoms with van der Waals surface area (Å²) in [6.07, 6.45) is 2.83. The molecular weight excluding hydrogens is 257 g/mol. The molecule has 1 N–H and O–H groups in total. The van der Waals surface area contributed by atoms with Crippen molar-refractivity contribution in [3.63, 3.8) is 0 Å². The van der Waals surface area contributed by atoms with Crippen molar-refractivity contribution in [1.29, 1.82) is 0 Å². The Bertz CT molecular complexity index is 789. The second-order valence-corrected chi connectivity index (χ2v) is 4.21. The zero-order valence-corrected chi connectivity index (χ0v) is 10.4. The predicted molar refractivity (Wildman–Crippen MR) is 73.9 cm³/mol. The third-order valence-corrected chi connectivity index (χ3v) is 2.85. The van der Waals surface area contributed by atoms with Crippen molar-refractivity contribution in [3.05, 3.63) is 66.4 Å². The highest BCUT2D eigenvalue weighted by molar-refractivity contribution is 6.04. The van der Waals surface area contributed by atoms with E-state index in [1.54, 1.807) is 6.07 Å². The molecule has 0 aliphatic heterocycles. The first-order chi connectivity index (χ1) is 9.74. The van der Waals surface area contributed by atoms with Gasteiger partial charge in [-0.15, -0.1) is 0 Å². The first kappa shape index (κ1) is 12.2. The zero-order valence-electron chi connectivity index (χ0n) is 10.4. The van der Waals surface area contributed by atoms with Crippen LogP contribution in [0.4, 0.5) is 10.1 Å². The average molecular weight is 267 g/mol. The van der Waals surface area contributed by atoms with Crippen LogP contribution in [0.25, 0.3) is 10.9 Å². The number of hydrogen-bond acceptors (Lipinski definition) is 3. The Morgan fingerprint density at radius 1 is 1.10 bits per heavy atom. The van der Waals surface area contributed by atoms with Crippen molar-refractivity contribution in [2.45, 2.75) is 0 Å². The Morgan fingerprint density at radius 2 is 1.95 bits per heavy atom. The molecule has 0 spiro atoms. The maximum absolute atomic E-state index is 13.4. The second-order valence-electron chi connectivity index (χ2n) is 4.21. The van der Waals surface area contributed by atoms with E-state index in [2.05, 4.69) is 15.3 Å². The molecule has 1 amide bonds. The molecule has 0 radical (unpaired) electrons. The molecule has 0 aliphatic rings. The van der Waals surface area contributed by atoms with Crippen LogP contribution in [0, 0.1) is 5.95 Å². The van der Waals surface area contributed by atoms with Crippen molar-refractivity contribution < 1.29 is 9.18 Å². The summed E-state index contributed by atoms with van der Waals surface area (Å²) in [4.78, 5) is 19.6. The van der Waals surface area contributed by atoms with E-state index in [0.29, 0.717) is 5.69 Å². The number of benzene rings is 1. The average Bonchev–Trinajstić information content (AvgIpc) is 2.47. The van der Waals surface area contributed by atoms with Crippen LogP contribution in [-0.2, 0) is 0 Å². The lowest BCUT2D eigenvalue weighted by atomic mass is 10.2. The molecule has 4 nitrogen and oxygen atoms in total. The van der Waals surface area contributed by atoms with Crippen LogP contribution in [0.3, 0.4) is 0 Å². The molecule has 3 rings (SSSR count). The van der Waals surface area contributed by atoms with Gasteiger partial charge in [-0.1, -0.05) is 18.2 Å². The van der Waals surface area contributed by atoms with Gasteiger partial charge in [-0.05, 0) is 24.3 Å². The highest BCUT2D eigenvalue weighted by Gasteiger charge is 2.12. The summed E-state index contributed by atoms with van der Waals surface area (Å²) in [5.41, 5.74) is 1.25. The van der Waals surface area contributed by atoms with Crippen molar-refractivity contribution in [2.24, 2.45) is 0 Å². The van der Waals surface area contributed by atoms with E-state index in [1.165, 1.54) is 24.5 Å². The largest absolute Gasteiger partial charge is 0.320 e. The number of rotatable bonds is 2. The highest BCUT2D eigenvalue weighted by atomic mass is 19.1. The van der Waals surface area contributed by atoms with E-state index < -0.39 is 11.9 Å². The summed E-state index contributed by atoms with van der Waals surface area (Å²) >= 11 is 0. The number of amides is 1. The van der Waals surface area contributed by atoms with Crippen molar-refractivity contribution >= 4 is 22.5 Å². The first-order valence-corrected chi connectivity index (χ1v) is 6.01. The summed E-state index contributed by atoms with van der Waals surface area (Å²) in [6.45, 7) is 0. The van der Waals surface area contributed by atoms with Gasteiger partial charge in [0.2, 0.25) is 5.95 Å². The molecule has 2 aromatic heterocycles. The van der Waals surface area contributed by atoms with Gasteiger partial charge in [0.25, 0.3) is 5.91 Å². The van der Waals surface area contributed by atoms with E-state index in [9.17, 15) is 9.18 Å². The number of aromatic nitrogens is 2. The predicted octanol–water partition coefficient (Wildman–Crippen LogP) is 3.02. The quantitative estimate of drug-likeness (QED) is 0.726. The third-order valence-electron chi connectivity index (χ3n) is 2.85. The van der Waals surface area contributed by atoms with E-state index in [-0.39, 0.29) is 5.56 Å². The first-order valence-electron chi connectivity index (χ1n) is 6.01. The minimum atomic E-state index is -0.793. The van der Waals surface area contributed by atoms with Crippen molar-refractivity contribution in [3.8, 4) is 0 Å². The lowest BCUT2D eigenvalue weighted by Crippen LogP contribution is -2.14. The standard InChI is InChI=1S/C15H10FN3O/c16-14-12(5-3-7-17-14)15(20)19-11-8-10-4-1-2-6-13(10)18-9-11/h1-9H,(H,19,20). The van der Waals surface area contributed by atoms with E-state index >= 15 is 0 Å². The molecule has 3 aromatic rings. The van der Waals surface area contributed by atoms with E-state index in [0.717, 1.165) is 10.9 Å². The van der Waals surface area contributed by atoms with Crippen LogP contribution >= 0.6 is 0 Å². The fourth-order valence-electron chi connectivity index (χ4n) is 1.89. The monoisotopic (exact) mass is 267 g/mol. The lowest BCUT2D eigenvalue weighted by molar-refractivity contribution is 0.102.